The van der Waals surface area contributed by atoms with E-state index in [1.54, 1.807) is 4.90 Å². The van der Waals surface area contributed by atoms with E-state index in [9.17, 15) is 9.59 Å². The van der Waals surface area contributed by atoms with Gasteiger partial charge in [-0.2, -0.15) is 0 Å². The van der Waals surface area contributed by atoms with E-state index in [2.05, 4.69) is 0 Å². The number of ether oxygens (including phenoxy) is 2. The molecule has 2 unspecified atom stereocenters. The molecule has 1 aliphatic carbocycles. The smallest absolute Gasteiger partial charge is 0.410 e. The Kier molecular flexibility index (Phi) is 4.27. The number of rotatable bonds is 3. The van der Waals surface area contributed by atoms with Crippen LogP contribution in [0, 0.1) is 5.41 Å². The summed E-state index contributed by atoms with van der Waals surface area (Å²) < 4.78 is 10.8. The van der Waals surface area contributed by atoms with E-state index in [-0.39, 0.29) is 24.1 Å². The van der Waals surface area contributed by atoms with Crippen LogP contribution in [0.3, 0.4) is 0 Å². The van der Waals surface area contributed by atoms with Crippen LogP contribution in [0.5, 0.6) is 0 Å². The number of likely N-dealkylation sites (tertiary alicyclic amines) is 1. The Hall–Kier alpha value is -2.08. The summed E-state index contributed by atoms with van der Waals surface area (Å²) in [7, 11) is 0. The molecule has 3 rings (SSSR count). The van der Waals surface area contributed by atoms with Crippen molar-refractivity contribution >= 4 is 12.1 Å². The van der Waals surface area contributed by atoms with Gasteiger partial charge in [-0.05, 0) is 39.2 Å². The number of benzene rings is 1. The van der Waals surface area contributed by atoms with Crippen LogP contribution in [0.4, 0.5) is 4.79 Å². The number of nitrogens with two attached hydrogens (primary N) is 1. The van der Waals surface area contributed by atoms with Gasteiger partial charge in [-0.3, -0.25) is 4.79 Å². The number of amides is 1. The van der Waals surface area contributed by atoms with Gasteiger partial charge in [-0.15, -0.1) is 0 Å². The first-order valence-corrected chi connectivity index (χ1v) is 8.63. The molecule has 6 heteroatoms. The summed E-state index contributed by atoms with van der Waals surface area (Å²) in [6.45, 7) is 6.70. The van der Waals surface area contributed by atoms with Crippen LogP contribution in [0.2, 0.25) is 0 Å². The second-order valence-corrected chi connectivity index (χ2v) is 8.14. The summed E-state index contributed by atoms with van der Waals surface area (Å²) in [5.74, 6) is -0.375. The van der Waals surface area contributed by atoms with Crippen LogP contribution < -0.4 is 5.73 Å². The fraction of sp³-hybridized carbons (Fsp3) is 0.579. The fourth-order valence-corrected chi connectivity index (χ4v) is 3.49. The highest BCUT2D eigenvalue weighted by Crippen LogP contribution is 2.60. The lowest BCUT2D eigenvalue weighted by atomic mass is 9.99. The van der Waals surface area contributed by atoms with Crippen molar-refractivity contribution in [1.82, 2.24) is 4.90 Å². The molecule has 0 bridgehead atoms. The molecule has 1 saturated carbocycles. The Morgan fingerprint density at radius 2 is 1.92 bits per heavy atom. The third-order valence-electron chi connectivity index (χ3n) is 5.02. The summed E-state index contributed by atoms with van der Waals surface area (Å²) >= 11 is 0. The minimum Gasteiger partial charge on any atom is -0.459 e. The maximum Gasteiger partial charge on any atom is 0.410 e. The van der Waals surface area contributed by atoms with Crippen molar-refractivity contribution in [3.63, 3.8) is 0 Å². The van der Waals surface area contributed by atoms with E-state index in [4.69, 9.17) is 15.2 Å². The quantitative estimate of drug-likeness (QED) is 0.850. The first-order chi connectivity index (χ1) is 11.7. The molecule has 136 valence electrons. The number of nitrogens with zero attached hydrogens (tertiary/aromatic N) is 1. The highest BCUT2D eigenvalue weighted by Gasteiger charge is 2.73. The van der Waals surface area contributed by atoms with Crippen LogP contribution in [0.25, 0.3) is 0 Å². The van der Waals surface area contributed by atoms with Crippen molar-refractivity contribution < 1.29 is 19.1 Å². The van der Waals surface area contributed by atoms with E-state index < -0.39 is 11.1 Å². The molecule has 0 radical (unpaired) electrons. The molecular weight excluding hydrogens is 320 g/mol. The van der Waals surface area contributed by atoms with Gasteiger partial charge in [0.2, 0.25) is 0 Å². The largest absolute Gasteiger partial charge is 0.459 e. The summed E-state index contributed by atoms with van der Waals surface area (Å²) in [6.07, 6.45) is 0.889. The number of carbonyl (C=O) groups is 2. The Bertz CT molecular complexity index is 670. The highest BCUT2D eigenvalue weighted by molar-refractivity contribution is 5.87. The molecule has 1 amide bonds. The summed E-state index contributed by atoms with van der Waals surface area (Å²) in [5, 5.41) is 0. The van der Waals surface area contributed by atoms with E-state index >= 15 is 0 Å². The number of carbonyl (C=O) groups excluding carboxylic acids is 2. The molecule has 25 heavy (non-hydrogen) atoms. The predicted octanol–water partition coefficient (Wildman–Crippen LogP) is 2.46. The van der Waals surface area contributed by atoms with Gasteiger partial charge in [-0.1, -0.05) is 30.3 Å². The first kappa shape index (κ1) is 17.7. The van der Waals surface area contributed by atoms with Crippen molar-refractivity contribution in [1.29, 1.82) is 0 Å². The molecule has 2 N–H and O–H groups in total. The third-order valence-corrected chi connectivity index (χ3v) is 5.02. The molecule has 6 nitrogen and oxygen atoms in total. The summed E-state index contributed by atoms with van der Waals surface area (Å²) in [4.78, 5) is 26.3. The van der Waals surface area contributed by atoms with Gasteiger partial charge in [0.1, 0.15) is 17.7 Å². The van der Waals surface area contributed by atoms with Crippen molar-refractivity contribution in [2.24, 2.45) is 11.1 Å². The molecule has 2 aliphatic rings. The van der Waals surface area contributed by atoms with Gasteiger partial charge in [0, 0.05) is 18.5 Å². The van der Waals surface area contributed by atoms with Crippen LogP contribution in [-0.4, -0.2) is 41.2 Å². The third kappa shape index (κ3) is 3.49. The second-order valence-electron chi connectivity index (χ2n) is 8.14. The lowest BCUT2D eigenvalue weighted by molar-refractivity contribution is -0.158. The minimum atomic E-state index is -0.991. The SMILES string of the molecule is CC(C)(C)OC(=O)C1(N)CC12CCN(C(=O)OCc1ccccc1)C2. The number of hydrogen-bond acceptors (Lipinski definition) is 5. The van der Waals surface area contributed by atoms with Crippen molar-refractivity contribution in [2.45, 2.75) is 51.4 Å². The first-order valence-electron chi connectivity index (χ1n) is 8.63. The van der Waals surface area contributed by atoms with Gasteiger partial charge in [0.25, 0.3) is 0 Å². The molecule has 2 atom stereocenters. The summed E-state index contributed by atoms with van der Waals surface area (Å²) in [5.41, 5.74) is 5.32. The van der Waals surface area contributed by atoms with Crippen LogP contribution in [-0.2, 0) is 20.9 Å². The number of hydrogen-bond donors (Lipinski definition) is 1. The van der Waals surface area contributed by atoms with Gasteiger partial charge >= 0.3 is 12.1 Å². The van der Waals surface area contributed by atoms with E-state index in [0.29, 0.717) is 25.9 Å². The minimum absolute atomic E-state index is 0.239. The Morgan fingerprint density at radius 1 is 1.24 bits per heavy atom. The van der Waals surface area contributed by atoms with Gasteiger partial charge < -0.3 is 20.1 Å². The Labute approximate surface area is 148 Å². The maximum atomic E-state index is 12.4. The molecular formula is C19H26N2O4. The molecule has 2 fully saturated rings. The topological polar surface area (TPSA) is 81.9 Å². The fourth-order valence-electron chi connectivity index (χ4n) is 3.49. The molecule has 0 aromatic heterocycles. The maximum absolute atomic E-state index is 12.4. The molecule has 1 spiro atoms. The zero-order valence-corrected chi connectivity index (χ0v) is 15.1. The standard InChI is InChI=1S/C19H26N2O4/c1-17(2,3)25-15(22)19(20)12-18(19)9-10-21(13-18)16(23)24-11-14-7-5-4-6-8-14/h4-8H,9-13,20H2,1-3H3. The van der Waals surface area contributed by atoms with Gasteiger partial charge in [0.15, 0.2) is 0 Å². The average molecular weight is 346 g/mol. The second kappa shape index (κ2) is 6.02. The lowest BCUT2D eigenvalue weighted by Crippen LogP contribution is -2.45. The predicted molar refractivity (Wildman–Crippen MR) is 92.6 cm³/mol. The van der Waals surface area contributed by atoms with Crippen LogP contribution in [0.15, 0.2) is 30.3 Å². The zero-order valence-electron chi connectivity index (χ0n) is 15.1. The molecule has 1 aromatic rings. The Balaban J connectivity index is 1.55. The Morgan fingerprint density at radius 3 is 2.56 bits per heavy atom. The van der Waals surface area contributed by atoms with Crippen molar-refractivity contribution in [2.75, 3.05) is 13.1 Å². The van der Waals surface area contributed by atoms with Crippen LogP contribution >= 0.6 is 0 Å². The average Bonchev–Trinajstić information content (AvgIpc) is 2.90. The van der Waals surface area contributed by atoms with Crippen molar-refractivity contribution in [3.05, 3.63) is 35.9 Å². The van der Waals surface area contributed by atoms with Gasteiger partial charge in [-0.25, -0.2) is 4.79 Å². The van der Waals surface area contributed by atoms with E-state index in [1.807, 2.05) is 51.1 Å². The lowest BCUT2D eigenvalue weighted by Gasteiger charge is -2.24. The van der Waals surface area contributed by atoms with Crippen molar-refractivity contribution in [3.8, 4) is 0 Å². The van der Waals surface area contributed by atoms with E-state index in [0.717, 1.165) is 5.56 Å². The monoisotopic (exact) mass is 346 g/mol. The number of esters is 1. The highest BCUT2D eigenvalue weighted by atomic mass is 16.6. The molecule has 1 heterocycles. The normalized spacial score (nSPS) is 28.1. The van der Waals surface area contributed by atoms with Crippen LogP contribution in [0.1, 0.15) is 39.2 Å². The zero-order chi connectivity index (χ0) is 18.3. The van der Waals surface area contributed by atoms with E-state index in [1.165, 1.54) is 0 Å². The molecule has 1 aromatic carbocycles. The molecule has 1 saturated heterocycles. The van der Waals surface area contributed by atoms with Gasteiger partial charge in [0.05, 0.1) is 0 Å². The summed E-state index contributed by atoms with van der Waals surface area (Å²) in [6, 6.07) is 9.55. The molecule has 1 aliphatic heterocycles.